The predicted molar refractivity (Wildman–Crippen MR) is 121 cm³/mol. The first-order chi connectivity index (χ1) is 14.0. The molecule has 0 saturated heterocycles. The molecule has 0 unspecified atom stereocenters. The molecule has 6 rings (SSSR count). The van der Waals surface area contributed by atoms with E-state index in [1.165, 1.54) is 0 Å². The number of hydrogen-bond acceptors (Lipinski definition) is 4. The van der Waals surface area contributed by atoms with Crippen LogP contribution < -0.4 is 22.9 Å². The quantitative estimate of drug-likeness (QED) is 0.525. The lowest BCUT2D eigenvalue weighted by Gasteiger charge is -2.42. The van der Waals surface area contributed by atoms with Gasteiger partial charge in [0.15, 0.2) is 0 Å². The van der Waals surface area contributed by atoms with Gasteiger partial charge in [0.05, 0.1) is 0 Å². The van der Waals surface area contributed by atoms with Crippen LogP contribution in [0.15, 0.2) is 83.2 Å². The molecular weight excluding hydrogens is 356 g/mol. The Labute approximate surface area is 168 Å². The highest BCUT2D eigenvalue weighted by Gasteiger charge is 2.51. The van der Waals surface area contributed by atoms with Gasteiger partial charge in [0.25, 0.3) is 0 Å². The lowest BCUT2D eigenvalue weighted by atomic mass is 9.62. The van der Waals surface area contributed by atoms with Crippen molar-refractivity contribution in [1.29, 1.82) is 0 Å². The summed E-state index contributed by atoms with van der Waals surface area (Å²) in [6, 6.07) is 12.0. The van der Waals surface area contributed by atoms with Gasteiger partial charge in [-0.3, -0.25) is 0 Å². The predicted octanol–water partition coefficient (Wildman–Crippen LogP) is 3.81. The third-order valence-electron chi connectivity index (χ3n) is 6.44. The van der Waals surface area contributed by atoms with E-state index in [-0.39, 0.29) is 0 Å². The van der Waals surface area contributed by atoms with E-state index in [0.29, 0.717) is 0 Å². The first-order valence-electron chi connectivity index (χ1n) is 9.61. The Hall–Kier alpha value is -3.92. The van der Waals surface area contributed by atoms with E-state index in [0.717, 1.165) is 67.3 Å². The highest BCUT2D eigenvalue weighted by molar-refractivity contribution is 6.06. The molecule has 0 aromatic heterocycles. The summed E-state index contributed by atoms with van der Waals surface area (Å²) in [5.74, 6) is 0. The lowest BCUT2D eigenvalue weighted by Crippen LogP contribution is -2.40. The third-order valence-corrected chi connectivity index (χ3v) is 6.44. The van der Waals surface area contributed by atoms with Crippen LogP contribution in [0.3, 0.4) is 0 Å². The van der Waals surface area contributed by atoms with E-state index in [1.807, 2.05) is 36.4 Å². The number of hydrogen-bond donors (Lipinski definition) is 4. The van der Waals surface area contributed by atoms with Gasteiger partial charge in [-0.15, -0.1) is 0 Å². The van der Waals surface area contributed by atoms with Crippen molar-refractivity contribution in [1.82, 2.24) is 0 Å². The standard InChI is InChI=1S/C25H20N4/c26-15-1-3-17-13(9-15)11-21-19(17)5-7-23(28)25(21)22-12-14-10-16(27)2-4-18(14)20(22)6-8-24(25)29/h1-12H,26-29H2. The number of allylic oxidation sites excluding steroid dienone is 6. The fraction of sp³-hybridized carbons (Fsp3) is 0.0400. The van der Waals surface area contributed by atoms with Gasteiger partial charge in [0, 0.05) is 22.8 Å². The second-order valence-corrected chi connectivity index (χ2v) is 7.96. The molecule has 1 spiro atoms. The van der Waals surface area contributed by atoms with Crippen molar-refractivity contribution in [2.75, 3.05) is 11.5 Å². The molecule has 0 saturated carbocycles. The van der Waals surface area contributed by atoms with Crippen molar-refractivity contribution >= 4 is 34.7 Å². The molecule has 0 radical (unpaired) electrons. The second kappa shape index (κ2) is 5.11. The SMILES string of the molecule is NC1=CC=C2C(=Cc3cc(N)ccc32)C12C(N)=CC=C1C2=Cc2cc(N)ccc21. The molecule has 0 bridgehead atoms. The average Bonchev–Trinajstić information content (AvgIpc) is 3.24. The topological polar surface area (TPSA) is 104 Å². The third kappa shape index (κ3) is 1.83. The number of anilines is 2. The molecule has 2 aromatic rings. The summed E-state index contributed by atoms with van der Waals surface area (Å²) in [5.41, 5.74) is 36.7. The van der Waals surface area contributed by atoms with Gasteiger partial charge in [-0.2, -0.15) is 0 Å². The van der Waals surface area contributed by atoms with E-state index in [1.54, 1.807) is 0 Å². The van der Waals surface area contributed by atoms with E-state index in [2.05, 4.69) is 36.4 Å². The number of nitrogen functional groups attached to an aromatic ring is 2. The summed E-state index contributed by atoms with van der Waals surface area (Å²) in [6.45, 7) is 0. The largest absolute Gasteiger partial charge is 0.401 e. The molecule has 4 aliphatic rings. The highest BCUT2D eigenvalue weighted by atomic mass is 14.8. The molecule has 4 nitrogen and oxygen atoms in total. The molecule has 4 heteroatoms. The number of benzene rings is 2. The first-order valence-corrected chi connectivity index (χ1v) is 9.61. The fourth-order valence-electron chi connectivity index (χ4n) is 5.16. The van der Waals surface area contributed by atoms with E-state index in [4.69, 9.17) is 22.9 Å². The van der Waals surface area contributed by atoms with Gasteiger partial charge < -0.3 is 22.9 Å². The maximum atomic E-state index is 6.71. The summed E-state index contributed by atoms with van der Waals surface area (Å²) in [5, 5.41) is 0. The summed E-state index contributed by atoms with van der Waals surface area (Å²) in [7, 11) is 0. The van der Waals surface area contributed by atoms with Gasteiger partial charge in [-0.25, -0.2) is 0 Å². The molecule has 140 valence electrons. The van der Waals surface area contributed by atoms with Crippen LogP contribution in [0.5, 0.6) is 0 Å². The minimum atomic E-state index is -0.699. The average molecular weight is 376 g/mol. The number of nitrogens with two attached hydrogens (primary N) is 4. The molecule has 0 atom stereocenters. The fourth-order valence-corrected chi connectivity index (χ4v) is 5.16. The van der Waals surface area contributed by atoms with Crippen molar-refractivity contribution < 1.29 is 0 Å². The van der Waals surface area contributed by atoms with E-state index in [9.17, 15) is 0 Å². The first kappa shape index (κ1) is 16.1. The maximum absolute atomic E-state index is 6.71. The van der Waals surface area contributed by atoms with Crippen molar-refractivity contribution in [2.45, 2.75) is 0 Å². The van der Waals surface area contributed by atoms with Crippen LogP contribution in [0.4, 0.5) is 11.4 Å². The molecule has 0 amide bonds. The van der Waals surface area contributed by atoms with Gasteiger partial charge >= 0.3 is 0 Å². The minimum Gasteiger partial charge on any atom is -0.401 e. The van der Waals surface area contributed by atoms with Crippen molar-refractivity contribution in [2.24, 2.45) is 16.9 Å². The maximum Gasteiger partial charge on any atom is 0.100 e. The minimum absolute atomic E-state index is 0.699. The van der Waals surface area contributed by atoms with Gasteiger partial charge in [0.1, 0.15) is 5.41 Å². The molecule has 0 heterocycles. The smallest absolute Gasteiger partial charge is 0.100 e. The van der Waals surface area contributed by atoms with Crippen LogP contribution in [0.2, 0.25) is 0 Å². The Balaban J connectivity index is 1.64. The monoisotopic (exact) mass is 376 g/mol. The zero-order valence-electron chi connectivity index (χ0n) is 15.7. The van der Waals surface area contributed by atoms with Crippen LogP contribution in [-0.2, 0) is 0 Å². The Morgan fingerprint density at radius 3 is 1.45 bits per heavy atom. The van der Waals surface area contributed by atoms with Crippen LogP contribution >= 0.6 is 0 Å². The molecule has 4 aliphatic carbocycles. The summed E-state index contributed by atoms with van der Waals surface area (Å²) in [6.07, 6.45) is 12.5. The van der Waals surface area contributed by atoms with Crippen LogP contribution in [0.25, 0.3) is 23.3 Å². The summed E-state index contributed by atoms with van der Waals surface area (Å²) >= 11 is 0. The van der Waals surface area contributed by atoms with Crippen LogP contribution in [0, 0.1) is 5.41 Å². The van der Waals surface area contributed by atoms with Gasteiger partial charge in [-0.05, 0) is 93.1 Å². The Kier molecular flexibility index (Phi) is 2.83. The lowest BCUT2D eigenvalue weighted by molar-refractivity contribution is 0.628. The number of rotatable bonds is 0. The van der Waals surface area contributed by atoms with E-state index < -0.39 is 5.41 Å². The van der Waals surface area contributed by atoms with Crippen molar-refractivity contribution in [3.8, 4) is 0 Å². The molecule has 8 N–H and O–H groups in total. The highest BCUT2D eigenvalue weighted by Crippen LogP contribution is 2.62. The molecule has 0 fully saturated rings. The summed E-state index contributed by atoms with van der Waals surface area (Å²) in [4.78, 5) is 0. The Morgan fingerprint density at radius 2 is 1.00 bits per heavy atom. The normalized spacial score (nSPS) is 19.7. The van der Waals surface area contributed by atoms with E-state index >= 15 is 0 Å². The van der Waals surface area contributed by atoms with Crippen molar-refractivity contribution in [3.63, 3.8) is 0 Å². The summed E-state index contributed by atoms with van der Waals surface area (Å²) < 4.78 is 0. The Bertz CT molecular complexity index is 1230. The molecule has 0 aliphatic heterocycles. The van der Waals surface area contributed by atoms with Crippen LogP contribution in [-0.4, -0.2) is 0 Å². The molecular formula is C25H20N4. The Morgan fingerprint density at radius 1 is 0.552 bits per heavy atom. The molecule has 2 aromatic carbocycles. The zero-order valence-corrected chi connectivity index (χ0v) is 15.7. The van der Waals surface area contributed by atoms with Crippen LogP contribution in [0.1, 0.15) is 22.3 Å². The zero-order chi connectivity index (χ0) is 19.9. The van der Waals surface area contributed by atoms with Gasteiger partial charge in [0.2, 0.25) is 0 Å². The molecule has 29 heavy (non-hydrogen) atoms. The van der Waals surface area contributed by atoms with Crippen molar-refractivity contribution in [3.05, 3.63) is 105 Å². The second-order valence-electron chi connectivity index (χ2n) is 7.96. The number of fused-ring (bicyclic) bond motifs is 8. The van der Waals surface area contributed by atoms with Gasteiger partial charge in [-0.1, -0.05) is 24.3 Å².